The van der Waals surface area contributed by atoms with Crippen LogP contribution in [0.15, 0.2) is 12.1 Å². The van der Waals surface area contributed by atoms with Crippen molar-refractivity contribution in [2.75, 3.05) is 6.61 Å². The molecule has 0 unspecified atom stereocenters. The van der Waals surface area contributed by atoms with Crippen LogP contribution < -0.4 is 10.5 Å². The molecule has 1 aromatic carbocycles. The van der Waals surface area contributed by atoms with Crippen LogP contribution in [0, 0.1) is 6.92 Å². The van der Waals surface area contributed by atoms with Crippen molar-refractivity contribution in [3.05, 3.63) is 23.3 Å². The Bertz CT molecular complexity index is 336. The summed E-state index contributed by atoms with van der Waals surface area (Å²) < 4.78 is 5.42. The molecule has 0 radical (unpaired) electrons. The van der Waals surface area contributed by atoms with Crippen molar-refractivity contribution in [2.45, 2.75) is 19.4 Å². The number of aryl methyl sites for hydroxylation is 1. The van der Waals surface area contributed by atoms with Gasteiger partial charge in [-0.1, -0.05) is 0 Å². The van der Waals surface area contributed by atoms with Gasteiger partial charge in [-0.25, -0.2) is 0 Å². The van der Waals surface area contributed by atoms with Crippen LogP contribution in [0.5, 0.6) is 11.5 Å². The third-order valence-corrected chi connectivity index (χ3v) is 2.39. The number of aromatic hydroxyl groups is 1. The fourth-order valence-corrected chi connectivity index (χ4v) is 1.78. The highest BCUT2D eigenvalue weighted by molar-refractivity contribution is 5.48. The van der Waals surface area contributed by atoms with Crippen LogP contribution in [0.3, 0.4) is 0 Å². The third kappa shape index (κ3) is 1.35. The monoisotopic (exact) mass is 179 g/mol. The number of phenols is 1. The highest BCUT2D eigenvalue weighted by atomic mass is 16.5. The van der Waals surface area contributed by atoms with Gasteiger partial charge in [0.05, 0.1) is 6.61 Å². The predicted octanol–water partition coefficient (Wildman–Crippen LogP) is 1.48. The molecule has 0 aliphatic carbocycles. The van der Waals surface area contributed by atoms with E-state index in [9.17, 15) is 5.11 Å². The Hall–Kier alpha value is -1.22. The number of benzene rings is 1. The van der Waals surface area contributed by atoms with Crippen LogP contribution in [-0.2, 0) is 0 Å². The second-order valence-electron chi connectivity index (χ2n) is 3.42. The first kappa shape index (κ1) is 8.38. The van der Waals surface area contributed by atoms with E-state index in [4.69, 9.17) is 10.5 Å². The number of phenolic OH excluding ortho intramolecular Hbond substituents is 1. The highest BCUT2D eigenvalue weighted by Gasteiger charge is 2.20. The molecule has 1 aromatic rings. The lowest BCUT2D eigenvalue weighted by Gasteiger charge is -2.24. The van der Waals surface area contributed by atoms with Crippen molar-refractivity contribution in [2.24, 2.45) is 5.73 Å². The summed E-state index contributed by atoms with van der Waals surface area (Å²) in [5, 5.41) is 9.33. The van der Waals surface area contributed by atoms with Gasteiger partial charge in [-0.05, 0) is 18.6 Å². The zero-order valence-corrected chi connectivity index (χ0v) is 7.58. The maximum Gasteiger partial charge on any atom is 0.128 e. The zero-order chi connectivity index (χ0) is 9.42. The first-order chi connectivity index (χ1) is 6.18. The number of nitrogens with two attached hydrogens (primary N) is 1. The van der Waals surface area contributed by atoms with Gasteiger partial charge >= 0.3 is 0 Å². The smallest absolute Gasteiger partial charge is 0.128 e. The molecule has 0 amide bonds. The predicted molar refractivity (Wildman–Crippen MR) is 49.9 cm³/mol. The Balaban J connectivity index is 2.56. The molecule has 0 aromatic heterocycles. The van der Waals surface area contributed by atoms with Crippen LogP contribution in [0.2, 0.25) is 0 Å². The van der Waals surface area contributed by atoms with Gasteiger partial charge in [0.1, 0.15) is 11.5 Å². The van der Waals surface area contributed by atoms with Gasteiger partial charge < -0.3 is 15.6 Å². The van der Waals surface area contributed by atoms with Crippen LogP contribution in [-0.4, -0.2) is 11.7 Å². The molecule has 70 valence electrons. The Labute approximate surface area is 77.1 Å². The van der Waals surface area contributed by atoms with E-state index in [1.54, 1.807) is 12.1 Å². The fraction of sp³-hybridized carbons (Fsp3) is 0.400. The summed E-state index contributed by atoms with van der Waals surface area (Å²) in [6.45, 7) is 2.57. The lowest BCUT2D eigenvalue weighted by Crippen LogP contribution is -2.21. The molecule has 1 atom stereocenters. The molecule has 0 fully saturated rings. The second-order valence-corrected chi connectivity index (χ2v) is 3.42. The van der Waals surface area contributed by atoms with Gasteiger partial charge in [0, 0.05) is 24.1 Å². The largest absolute Gasteiger partial charge is 0.508 e. The van der Waals surface area contributed by atoms with Gasteiger partial charge in [0.2, 0.25) is 0 Å². The lowest BCUT2D eigenvalue weighted by atomic mass is 9.96. The molecule has 1 aliphatic rings. The molecule has 0 saturated carbocycles. The van der Waals surface area contributed by atoms with Crippen LogP contribution in [0.1, 0.15) is 23.6 Å². The van der Waals surface area contributed by atoms with Crippen LogP contribution in [0.25, 0.3) is 0 Å². The van der Waals surface area contributed by atoms with E-state index in [1.807, 2.05) is 6.92 Å². The average molecular weight is 179 g/mol. The van der Waals surface area contributed by atoms with E-state index in [0.29, 0.717) is 6.61 Å². The maximum absolute atomic E-state index is 9.33. The van der Waals surface area contributed by atoms with E-state index >= 15 is 0 Å². The Morgan fingerprint density at radius 3 is 3.08 bits per heavy atom. The van der Waals surface area contributed by atoms with Crippen molar-refractivity contribution in [3.8, 4) is 11.5 Å². The van der Waals surface area contributed by atoms with E-state index in [2.05, 4.69) is 0 Å². The fourth-order valence-electron chi connectivity index (χ4n) is 1.78. The number of rotatable bonds is 0. The van der Waals surface area contributed by atoms with E-state index in [-0.39, 0.29) is 11.8 Å². The summed E-state index contributed by atoms with van der Waals surface area (Å²) in [4.78, 5) is 0. The molecular weight excluding hydrogens is 166 g/mol. The molecule has 13 heavy (non-hydrogen) atoms. The average Bonchev–Trinajstić information content (AvgIpc) is 2.02. The molecular formula is C10H13NO2. The van der Waals surface area contributed by atoms with Crippen LogP contribution >= 0.6 is 0 Å². The van der Waals surface area contributed by atoms with Crippen molar-refractivity contribution in [3.63, 3.8) is 0 Å². The van der Waals surface area contributed by atoms with Crippen molar-refractivity contribution >= 4 is 0 Å². The van der Waals surface area contributed by atoms with Crippen molar-refractivity contribution in [1.29, 1.82) is 0 Å². The number of hydrogen-bond donors (Lipinski definition) is 2. The molecule has 3 heteroatoms. The van der Waals surface area contributed by atoms with Crippen molar-refractivity contribution in [1.82, 2.24) is 0 Å². The van der Waals surface area contributed by atoms with Gasteiger partial charge in [-0.15, -0.1) is 0 Å². The Morgan fingerprint density at radius 2 is 2.31 bits per heavy atom. The summed E-state index contributed by atoms with van der Waals surface area (Å²) in [6.07, 6.45) is 0.846. The van der Waals surface area contributed by atoms with Crippen molar-refractivity contribution < 1.29 is 9.84 Å². The number of hydrogen-bond acceptors (Lipinski definition) is 3. The Kier molecular flexibility index (Phi) is 1.88. The molecule has 0 saturated heterocycles. The van der Waals surface area contributed by atoms with Gasteiger partial charge in [-0.2, -0.15) is 0 Å². The van der Waals surface area contributed by atoms with Gasteiger partial charge in [0.15, 0.2) is 0 Å². The van der Waals surface area contributed by atoms with E-state index < -0.39 is 0 Å². The molecule has 3 N–H and O–H groups in total. The molecule has 1 heterocycles. The first-order valence-electron chi connectivity index (χ1n) is 4.40. The topological polar surface area (TPSA) is 55.5 Å². The number of ether oxygens (including phenoxy) is 1. The third-order valence-electron chi connectivity index (χ3n) is 2.39. The highest BCUT2D eigenvalue weighted by Crippen LogP contribution is 2.35. The molecule has 3 nitrogen and oxygen atoms in total. The molecule has 2 rings (SSSR count). The zero-order valence-electron chi connectivity index (χ0n) is 7.58. The molecule has 0 bridgehead atoms. The van der Waals surface area contributed by atoms with E-state index in [0.717, 1.165) is 23.3 Å². The minimum atomic E-state index is 0.0457. The Morgan fingerprint density at radius 1 is 1.54 bits per heavy atom. The van der Waals surface area contributed by atoms with Crippen LogP contribution in [0.4, 0.5) is 0 Å². The summed E-state index contributed by atoms with van der Waals surface area (Å²) in [6, 6.07) is 3.39. The normalized spacial score (nSPS) is 20.6. The summed E-state index contributed by atoms with van der Waals surface area (Å²) in [5.41, 5.74) is 7.97. The second kappa shape index (κ2) is 2.92. The first-order valence-corrected chi connectivity index (χ1v) is 4.40. The summed E-state index contributed by atoms with van der Waals surface area (Å²) >= 11 is 0. The minimum Gasteiger partial charge on any atom is -0.508 e. The summed E-state index contributed by atoms with van der Waals surface area (Å²) in [5.74, 6) is 0.974. The quantitative estimate of drug-likeness (QED) is 0.634. The van der Waals surface area contributed by atoms with Gasteiger partial charge in [-0.3, -0.25) is 0 Å². The summed E-state index contributed by atoms with van der Waals surface area (Å²) in [7, 11) is 0. The standard InChI is InChI=1S/C10H13NO2/c1-6-4-7(12)5-9-10(6)8(11)2-3-13-9/h4-5,8,12H,2-3,11H2,1H3/t8-/m1/s1. The number of fused-ring (bicyclic) bond motifs is 1. The SMILES string of the molecule is Cc1cc(O)cc2c1[C@H](N)CCO2. The minimum absolute atomic E-state index is 0.0457. The lowest BCUT2D eigenvalue weighted by molar-refractivity contribution is 0.267. The maximum atomic E-state index is 9.33. The van der Waals surface area contributed by atoms with E-state index in [1.165, 1.54) is 0 Å². The molecule has 1 aliphatic heterocycles. The van der Waals surface area contributed by atoms with Gasteiger partial charge in [0.25, 0.3) is 0 Å². The molecule has 0 spiro atoms.